The molecule has 0 aliphatic carbocycles. The molecule has 1 fully saturated rings. The molecule has 5 rings (SSSR count). The molecule has 0 unspecified atom stereocenters. The maximum Gasteiger partial charge on any atom is 0.318 e. The number of hydrogen-bond acceptors (Lipinski definition) is 5. The molecule has 226 valence electrons. The quantitative estimate of drug-likeness (QED) is 0.221. The Morgan fingerprint density at radius 1 is 1.05 bits per heavy atom. The predicted octanol–water partition coefficient (Wildman–Crippen LogP) is 5.04. The number of aliphatic hydroxyl groups is 1. The van der Waals surface area contributed by atoms with Crippen molar-refractivity contribution in [2.45, 2.75) is 43.9 Å². The fraction of sp³-hybridized carbons (Fsp3) is 0.353. The van der Waals surface area contributed by atoms with Crippen LogP contribution in [-0.2, 0) is 16.9 Å². The third kappa shape index (κ3) is 6.68. The molecule has 1 aromatic heterocycles. The Morgan fingerprint density at radius 2 is 1.74 bits per heavy atom. The Kier molecular flexibility index (Phi) is 9.03. The molecule has 1 saturated heterocycles. The zero-order valence-electron chi connectivity index (χ0n) is 25.3. The summed E-state index contributed by atoms with van der Waals surface area (Å²) < 4.78 is 5.56. The molecular formula is C34H41N5O4. The highest BCUT2D eigenvalue weighted by molar-refractivity contribution is 5.99. The van der Waals surface area contributed by atoms with E-state index in [0.717, 1.165) is 27.6 Å². The summed E-state index contributed by atoms with van der Waals surface area (Å²) in [5.41, 5.74) is 3.32. The smallest absolute Gasteiger partial charge is 0.318 e. The molecule has 3 amide bonds. The standard InChI is InChI=1S/C34H41N5O4/c1-23(27-21-35-28-13-9-8-12-26(27)28)31(32(40)36-29-20-24(22-38(2)3)14-15-30(29)43-4)37-33(41)39-18-16-34(42,17-19-39)25-10-6-5-7-11-25/h5-15,20-21,23,31,35,42H,16-19,22H2,1-4H3,(H,36,40)(H,37,41)/t23-,31-/m1/s1. The van der Waals surface area contributed by atoms with Crippen molar-refractivity contribution in [1.82, 2.24) is 20.1 Å². The Labute approximate surface area is 252 Å². The van der Waals surface area contributed by atoms with E-state index in [1.807, 2.05) is 105 Å². The normalized spacial score (nSPS) is 16.1. The van der Waals surface area contributed by atoms with Gasteiger partial charge in [0, 0.05) is 42.7 Å². The van der Waals surface area contributed by atoms with Gasteiger partial charge in [-0.15, -0.1) is 0 Å². The number of aromatic nitrogens is 1. The van der Waals surface area contributed by atoms with Crippen LogP contribution < -0.4 is 15.4 Å². The number of likely N-dealkylation sites (tertiary alicyclic amines) is 1. The summed E-state index contributed by atoms with van der Waals surface area (Å²) in [6.45, 7) is 3.38. The zero-order valence-corrected chi connectivity index (χ0v) is 25.3. The SMILES string of the molecule is COc1ccc(CN(C)C)cc1NC(=O)[C@H](NC(=O)N1CCC(O)(c2ccccc2)CC1)[C@H](C)c1c[nH]c2ccccc12. The lowest BCUT2D eigenvalue weighted by Gasteiger charge is -2.39. The van der Waals surface area contributed by atoms with Gasteiger partial charge in [0.2, 0.25) is 5.91 Å². The summed E-state index contributed by atoms with van der Waals surface area (Å²) in [4.78, 5) is 34.7. The Hall–Kier alpha value is -4.34. The van der Waals surface area contributed by atoms with Crippen LogP contribution in [0.3, 0.4) is 0 Å². The number of piperidine rings is 1. The first-order chi connectivity index (χ1) is 20.7. The molecule has 9 nitrogen and oxygen atoms in total. The summed E-state index contributed by atoms with van der Waals surface area (Å²) in [5, 5.41) is 18.4. The monoisotopic (exact) mass is 583 g/mol. The van der Waals surface area contributed by atoms with Crippen molar-refractivity contribution in [2.24, 2.45) is 0 Å². The van der Waals surface area contributed by atoms with Gasteiger partial charge >= 0.3 is 6.03 Å². The number of nitrogens with one attached hydrogen (secondary N) is 3. The van der Waals surface area contributed by atoms with Gasteiger partial charge in [0.25, 0.3) is 0 Å². The van der Waals surface area contributed by atoms with Crippen molar-refractivity contribution < 1.29 is 19.4 Å². The van der Waals surface area contributed by atoms with Crippen LogP contribution in [0.15, 0.2) is 79.0 Å². The van der Waals surface area contributed by atoms with Crippen LogP contribution in [-0.4, -0.2) is 72.2 Å². The van der Waals surface area contributed by atoms with Gasteiger partial charge in [0.15, 0.2) is 0 Å². The molecule has 0 saturated carbocycles. The van der Waals surface area contributed by atoms with Crippen molar-refractivity contribution in [1.29, 1.82) is 0 Å². The highest BCUT2D eigenvalue weighted by atomic mass is 16.5. The second kappa shape index (κ2) is 12.9. The summed E-state index contributed by atoms with van der Waals surface area (Å²) in [6.07, 6.45) is 2.73. The highest BCUT2D eigenvalue weighted by Crippen LogP contribution is 2.34. The van der Waals surface area contributed by atoms with Gasteiger partial charge in [0.1, 0.15) is 11.8 Å². The van der Waals surface area contributed by atoms with Crippen molar-refractivity contribution in [3.63, 3.8) is 0 Å². The topological polar surface area (TPSA) is 110 Å². The number of amides is 3. The number of methoxy groups -OCH3 is 1. The molecular weight excluding hydrogens is 542 g/mol. The van der Waals surface area contributed by atoms with Crippen LogP contribution >= 0.6 is 0 Å². The van der Waals surface area contributed by atoms with E-state index in [9.17, 15) is 14.7 Å². The number of rotatable bonds is 9. The molecule has 0 bridgehead atoms. The number of para-hydroxylation sites is 1. The van der Waals surface area contributed by atoms with Gasteiger partial charge in [-0.25, -0.2) is 4.79 Å². The molecule has 43 heavy (non-hydrogen) atoms. The third-order valence-electron chi connectivity index (χ3n) is 8.38. The molecule has 2 atom stereocenters. The maximum atomic E-state index is 14.0. The number of aromatic amines is 1. The van der Waals surface area contributed by atoms with Gasteiger partial charge in [-0.05, 0) is 61.8 Å². The number of ether oxygens (including phenoxy) is 1. The number of urea groups is 1. The minimum absolute atomic E-state index is 0.338. The van der Waals surface area contributed by atoms with Gasteiger partial charge < -0.3 is 35.3 Å². The van der Waals surface area contributed by atoms with Gasteiger partial charge in [-0.2, -0.15) is 0 Å². The van der Waals surface area contributed by atoms with Gasteiger partial charge in [-0.3, -0.25) is 4.79 Å². The molecule has 0 spiro atoms. The summed E-state index contributed by atoms with van der Waals surface area (Å²) in [7, 11) is 5.54. The molecule has 2 heterocycles. The molecule has 3 aromatic carbocycles. The number of benzene rings is 3. The summed E-state index contributed by atoms with van der Waals surface area (Å²) in [5.74, 6) is -0.164. The molecule has 9 heteroatoms. The molecule has 1 aliphatic heterocycles. The molecule has 0 radical (unpaired) electrons. The first-order valence-corrected chi connectivity index (χ1v) is 14.7. The number of carbonyl (C=O) groups is 2. The minimum atomic E-state index is -0.986. The number of H-pyrrole nitrogens is 1. The lowest BCUT2D eigenvalue weighted by atomic mass is 9.84. The summed E-state index contributed by atoms with van der Waals surface area (Å²) >= 11 is 0. The molecule has 4 N–H and O–H groups in total. The Morgan fingerprint density at radius 3 is 2.44 bits per heavy atom. The van der Waals surface area contributed by atoms with Crippen LogP contribution in [0.25, 0.3) is 10.9 Å². The van der Waals surface area contributed by atoms with E-state index in [1.54, 1.807) is 12.0 Å². The number of anilines is 1. The van der Waals surface area contributed by atoms with E-state index in [4.69, 9.17) is 4.74 Å². The van der Waals surface area contributed by atoms with E-state index in [1.165, 1.54) is 0 Å². The van der Waals surface area contributed by atoms with Crippen LogP contribution in [0.4, 0.5) is 10.5 Å². The minimum Gasteiger partial charge on any atom is -0.495 e. The zero-order chi connectivity index (χ0) is 30.6. The number of carbonyl (C=O) groups excluding carboxylic acids is 2. The highest BCUT2D eigenvalue weighted by Gasteiger charge is 2.37. The van der Waals surface area contributed by atoms with E-state index < -0.39 is 11.6 Å². The number of fused-ring (bicyclic) bond motifs is 1. The van der Waals surface area contributed by atoms with Gasteiger partial charge in [-0.1, -0.05) is 61.5 Å². The van der Waals surface area contributed by atoms with E-state index in [0.29, 0.717) is 43.9 Å². The fourth-order valence-electron chi connectivity index (χ4n) is 5.94. The Balaban J connectivity index is 1.39. The average Bonchev–Trinajstić information content (AvgIpc) is 3.44. The van der Waals surface area contributed by atoms with Crippen molar-refractivity contribution in [3.8, 4) is 5.75 Å². The fourth-order valence-corrected chi connectivity index (χ4v) is 5.94. The third-order valence-corrected chi connectivity index (χ3v) is 8.38. The first kappa shape index (κ1) is 30.1. The second-order valence-corrected chi connectivity index (χ2v) is 11.7. The Bertz CT molecular complexity index is 1560. The number of nitrogens with zero attached hydrogens (tertiary/aromatic N) is 2. The first-order valence-electron chi connectivity index (χ1n) is 14.7. The van der Waals surface area contributed by atoms with Crippen molar-refractivity contribution in [2.75, 3.05) is 39.6 Å². The van der Waals surface area contributed by atoms with E-state index in [2.05, 4.69) is 15.6 Å². The van der Waals surface area contributed by atoms with E-state index >= 15 is 0 Å². The number of hydrogen-bond donors (Lipinski definition) is 4. The van der Waals surface area contributed by atoms with Crippen molar-refractivity contribution >= 4 is 28.5 Å². The maximum absolute atomic E-state index is 14.0. The van der Waals surface area contributed by atoms with Crippen LogP contribution in [0.5, 0.6) is 5.75 Å². The molecule has 1 aliphatic rings. The van der Waals surface area contributed by atoms with Crippen LogP contribution in [0.1, 0.15) is 42.4 Å². The average molecular weight is 584 g/mol. The second-order valence-electron chi connectivity index (χ2n) is 11.7. The molecule has 4 aromatic rings. The van der Waals surface area contributed by atoms with Crippen LogP contribution in [0.2, 0.25) is 0 Å². The van der Waals surface area contributed by atoms with Crippen LogP contribution in [0, 0.1) is 0 Å². The summed E-state index contributed by atoms with van der Waals surface area (Å²) in [6, 6.07) is 22.0. The lowest BCUT2D eigenvalue weighted by Crippen LogP contribution is -2.54. The van der Waals surface area contributed by atoms with Gasteiger partial charge in [0.05, 0.1) is 18.4 Å². The largest absolute Gasteiger partial charge is 0.495 e. The van der Waals surface area contributed by atoms with E-state index in [-0.39, 0.29) is 17.9 Å². The lowest BCUT2D eigenvalue weighted by molar-refractivity contribution is -0.118. The van der Waals surface area contributed by atoms with Crippen molar-refractivity contribution in [3.05, 3.63) is 95.7 Å². The predicted molar refractivity (Wildman–Crippen MR) is 169 cm³/mol.